The van der Waals surface area contributed by atoms with E-state index in [4.69, 9.17) is 4.74 Å². The molecule has 2 amide bonds. The average molecular weight is 343 g/mol. The molecule has 0 atom stereocenters. The maximum absolute atomic E-state index is 12.1. The maximum atomic E-state index is 12.1. The van der Waals surface area contributed by atoms with Crippen molar-refractivity contribution in [1.29, 1.82) is 0 Å². The van der Waals surface area contributed by atoms with Crippen molar-refractivity contribution < 1.29 is 19.2 Å². The van der Waals surface area contributed by atoms with Gasteiger partial charge in [0.25, 0.3) is 17.5 Å². The molecule has 130 valence electrons. The van der Waals surface area contributed by atoms with E-state index in [1.165, 1.54) is 29.2 Å². The Morgan fingerprint density at radius 1 is 1.16 bits per heavy atom. The van der Waals surface area contributed by atoms with Gasteiger partial charge in [0.05, 0.1) is 4.92 Å². The van der Waals surface area contributed by atoms with E-state index >= 15 is 0 Å². The number of non-ortho nitro benzene ring substituents is 1. The standard InChI is InChI=1S/C17H17N3O5/c1-19(2)16(21)11-25-15-8-6-13(7-9-15)18-17(22)12-4-3-5-14(10-12)20(23)24/h3-10H,11H2,1-2H3,(H,18,22). The summed E-state index contributed by atoms with van der Waals surface area (Å²) in [6.45, 7) is -0.0770. The van der Waals surface area contributed by atoms with Gasteiger partial charge in [-0.25, -0.2) is 0 Å². The quantitative estimate of drug-likeness (QED) is 0.640. The number of carbonyl (C=O) groups excluding carboxylic acids is 2. The Morgan fingerprint density at radius 3 is 2.44 bits per heavy atom. The van der Waals surface area contributed by atoms with Crippen molar-refractivity contribution in [2.24, 2.45) is 0 Å². The Bertz CT molecular complexity index is 787. The van der Waals surface area contributed by atoms with E-state index in [2.05, 4.69) is 5.32 Å². The molecule has 0 aliphatic rings. The summed E-state index contributed by atoms with van der Waals surface area (Å²) in [5.41, 5.74) is 0.538. The summed E-state index contributed by atoms with van der Waals surface area (Å²) in [5, 5.41) is 13.4. The van der Waals surface area contributed by atoms with Crippen LogP contribution in [0.25, 0.3) is 0 Å². The zero-order valence-corrected chi connectivity index (χ0v) is 13.8. The zero-order valence-electron chi connectivity index (χ0n) is 13.8. The average Bonchev–Trinajstić information content (AvgIpc) is 2.60. The number of hydrogen-bond acceptors (Lipinski definition) is 5. The minimum Gasteiger partial charge on any atom is -0.484 e. The number of rotatable bonds is 6. The predicted octanol–water partition coefficient (Wildman–Crippen LogP) is 2.31. The molecule has 0 spiro atoms. The van der Waals surface area contributed by atoms with E-state index in [0.29, 0.717) is 11.4 Å². The van der Waals surface area contributed by atoms with E-state index < -0.39 is 10.8 Å². The van der Waals surface area contributed by atoms with Crippen molar-refractivity contribution in [3.63, 3.8) is 0 Å². The second kappa shape index (κ2) is 7.91. The van der Waals surface area contributed by atoms with Crippen LogP contribution < -0.4 is 10.1 Å². The van der Waals surface area contributed by atoms with E-state index in [-0.39, 0.29) is 23.8 Å². The fourth-order valence-corrected chi connectivity index (χ4v) is 1.87. The fourth-order valence-electron chi connectivity index (χ4n) is 1.87. The van der Waals surface area contributed by atoms with Crippen LogP contribution in [0, 0.1) is 10.1 Å². The highest BCUT2D eigenvalue weighted by atomic mass is 16.6. The van der Waals surface area contributed by atoms with Crippen LogP contribution in [0.1, 0.15) is 10.4 Å². The molecule has 1 N–H and O–H groups in total. The van der Waals surface area contributed by atoms with Crippen LogP contribution in [-0.2, 0) is 4.79 Å². The summed E-state index contributed by atoms with van der Waals surface area (Å²) < 4.78 is 5.34. The SMILES string of the molecule is CN(C)C(=O)COc1ccc(NC(=O)c2cccc([N+](=O)[O-])c2)cc1. The largest absolute Gasteiger partial charge is 0.484 e. The van der Waals surface area contributed by atoms with Crippen LogP contribution in [-0.4, -0.2) is 42.3 Å². The molecule has 0 bridgehead atoms. The first-order chi connectivity index (χ1) is 11.9. The first-order valence-electron chi connectivity index (χ1n) is 7.35. The summed E-state index contributed by atoms with van der Waals surface area (Å²) in [6, 6.07) is 11.9. The maximum Gasteiger partial charge on any atom is 0.270 e. The monoisotopic (exact) mass is 343 g/mol. The molecule has 8 nitrogen and oxygen atoms in total. The van der Waals surface area contributed by atoms with E-state index in [1.807, 2.05) is 0 Å². The lowest BCUT2D eigenvalue weighted by Gasteiger charge is -2.11. The summed E-state index contributed by atoms with van der Waals surface area (Å²) in [7, 11) is 3.27. The van der Waals surface area contributed by atoms with Gasteiger partial charge in [-0.3, -0.25) is 19.7 Å². The molecule has 2 aromatic carbocycles. The summed E-state index contributed by atoms with van der Waals surface area (Å²) in [6.07, 6.45) is 0. The Balaban J connectivity index is 1.99. The lowest BCUT2D eigenvalue weighted by molar-refractivity contribution is -0.384. The Labute approximate surface area is 144 Å². The van der Waals surface area contributed by atoms with Gasteiger partial charge in [0, 0.05) is 37.5 Å². The molecule has 0 saturated carbocycles. The number of carbonyl (C=O) groups is 2. The molecule has 25 heavy (non-hydrogen) atoms. The molecule has 0 heterocycles. The van der Waals surface area contributed by atoms with Gasteiger partial charge in [0.1, 0.15) is 5.75 Å². The van der Waals surface area contributed by atoms with E-state index in [1.54, 1.807) is 38.4 Å². The van der Waals surface area contributed by atoms with Crippen molar-refractivity contribution in [2.75, 3.05) is 26.0 Å². The number of hydrogen-bond donors (Lipinski definition) is 1. The van der Waals surface area contributed by atoms with Crippen LogP contribution in [0.15, 0.2) is 48.5 Å². The Morgan fingerprint density at radius 2 is 1.84 bits per heavy atom. The van der Waals surface area contributed by atoms with Gasteiger partial charge in [0.2, 0.25) is 0 Å². The van der Waals surface area contributed by atoms with Gasteiger partial charge >= 0.3 is 0 Å². The van der Waals surface area contributed by atoms with E-state index in [0.717, 1.165) is 0 Å². The van der Waals surface area contributed by atoms with Gasteiger partial charge in [-0.2, -0.15) is 0 Å². The zero-order chi connectivity index (χ0) is 18.4. The normalized spacial score (nSPS) is 10.0. The van der Waals surface area contributed by atoms with Gasteiger partial charge in [-0.1, -0.05) is 6.07 Å². The minimum absolute atomic E-state index is 0.0770. The number of nitrogens with zero attached hydrogens (tertiary/aromatic N) is 2. The fraction of sp³-hybridized carbons (Fsp3) is 0.176. The second-order valence-corrected chi connectivity index (χ2v) is 5.36. The van der Waals surface area contributed by atoms with Gasteiger partial charge in [-0.15, -0.1) is 0 Å². The van der Waals surface area contributed by atoms with Gasteiger partial charge < -0.3 is 15.0 Å². The van der Waals surface area contributed by atoms with Crippen molar-refractivity contribution in [2.45, 2.75) is 0 Å². The van der Waals surface area contributed by atoms with Crippen LogP contribution in [0.2, 0.25) is 0 Å². The molecule has 0 saturated heterocycles. The number of benzene rings is 2. The van der Waals surface area contributed by atoms with Crippen LogP contribution in [0.5, 0.6) is 5.75 Å². The predicted molar refractivity (Wildman–Crippen MR) is 91.7 cm³/mol. The number of nitro groups is 1. The summed E-state index contributed by atoms with van der Waals surface area (Å²) in [4.78, 5) is 35.2. The topological polar surface area (TPSA) is 102 Å². The van der Waals surface area contributed by atoms with Crippen molar-refractivity contribution in [3.05, 3.63) is 64.2 Å². The van der Waals surface area contributed by atoms with Crippen LogP contribution in [0.4, 0.5) is 11.4 Å². The van der Waals surface area contributed by atoms with Crippen molar-refractivity contribution >= 4 is 23.2 Å². The molecule has 0 aromatic heterocycles. The summed E-state index contributed by atoms with van der Waals surface area (Å²) >= 11 is 0. The van der Waals surface area contributed by atoms with Crippen LogP contribution in [0.3, 0.4) is 0 Å². The number of amides is 2. The third kappa shape index (κ3) is 5.03. The van der Waals surface area contributed by atoms with Crippen molar-refractivity contribution in [1.82, 2.24) is 4.90 Å². The summed E-state index contributed by atoms with van der Waals surface area (Å²) in [5.74, 6) is -0.133. The Kier molecular flexibility index (Phi) is 5.67. The molecule has 0 aliphatic heterocycles. The number of nitrogens with one attached hydrogen (secondary N) is 1. The molecule has 0 radical (unpaired) electrons. The number of nitro benzene ring substituents is 1. The van der Waals surface area contributed by atoms with Gasteiger partial charge in [0.15, 0.2) is 6.61 Å². The number of anilines is 1. The molecule has 2 aromatic rings. The smallest absolute Gasteiger partial charge is 0.270 e. The second-order valence-electron chi connectivity index (χ2n) is 5.36. The lowest BCUT2D eigenvalue weighted by atomic mass is 10.2. The highest BCUT2D eigenvalue weighted by Gasteiger charge is 2.12. The highest BCUT2D eigenvalue weighted by molar-refractivity contribution is 6.04. The molecule has 0 fully saturated rings. The van der Waals surface area contributed by atoms with Crippen molar-refractivity contribution in [3.8, 4) is 5.75 Å². The Hall–Kier alpha value is -3.42. The molecular weight excluding hydrogens is 326 g/mol. The van der Waals surface area contributed by atoms with Gasteiger partial charge in [-0.05, 0) is 30.3 Å². The number of likely N-dealkylation sites (N-methyl/N-ethyl adjacent to an activating group) is 1. The molecular formula is C17H17N3O5. The third-order valence-electron chi connectivity index (χ3n) is 3.29. The number of ether oxygens (including phenoxy) is 1. The minimum atomic E-state index is -0.558. The molecule has 2 rings (SSSR count). The highest BCUT2D eigenvalue weighted by Crippen LogP contribution is 2.18. The molecule has 0 unspecified atom stereocenters. The lowest BCUT2D eigenvalue weighted by Crippen LogP contribution is -2.27. The molecule has 0 aliphatic carbocycles. The van der Waals surface area contributed by atoms with Crippen LogP contribution >= 0.6 is 0 Å². The van der Waals surface area contributed by atoms with E-state index in [9.17, 15) is 19.7 Å². The third-order valence-corrected chi connectivity index (χ3v) is 3.29. The first kappa shape index (κ1) is 17.9. The molecule has 8 heteroatoms. The first-order valence-corrected chi connectivity index (χ1v) is 7.35.